The maximum Gasteiger partial charge on any atom is 0.326 e. The molecule has 0 unspecified atom stereocenters. The summed E-state index contributed by atoms with van der Waals surface area (Å²) in [6.45, 7) is 0.0934. The molecule has 138 valence electrons. The number of ether oxygens (including phenoxy) is 2. The van der Waals surface area contributed by atoms with Gasteiger partial charge in [0.05, 0.1) is 12.5 Å². The van der Waals surface area contributed by atoms with E-state index >= 15 is 0 Å². The molecule has 26 heavy (non-hydrogen) atoms. The van der Waals surface area contributed by atoms with Gasteiger partial charge in [0.15, 0.2) is 6.61 Å². The zero-order chi connectivity index (χ0) is 18.5. The fraction of sp³-hybridized carbons (Fsp3) is 0.444. The Balaban J connectivity index is 1.46. The van der Waals surface area contributed by atoms with Crippen LogP contribution in [0.3, 0.4) is 0 Å². The first-order chi connectivity index (χ1) is 12.5. The van der Waals surface area contributed by atoms with Crippen LogP contribution in [0.5, 0.6) is 0 Å². The van der Waals surface area contributed by atoms with Crippen LogP contribution in [-0.4, -0.2) is 61.0 Å². The van der Waals surface area contributed by atoms with Crippen LogP contribution in [-0.2, 0) is 30.3 Å². The SMILES string of the molecule is O=C(COC(=O)CN1C(=O)Cc2ccccc2C1=O)NC[C@@H]1CCCO1. The van der Waals surface area contributed by atoms with E-state index in [1.165, 1.54) is 0 Å². The summed E-state index contributed by atoms with van der Waals surface area (Å²) in [4.78, 5) is 48.9. The molecule has 0 spiro atoms. The van der Waals surface area contributed by atoms with Crippen molar-refractivity contribution in [1.82, 2.24) is 10.2 Å². The molecule has 1 saturated heterocycles. The molecule has 2 aliphatic heterocycles. The fourth-order valence-electron chi connectivity index (χ4n) is 2.96. The van der Waals surface area contributed by atoms with Gasteiger partial charge in [-0.25, -0.2) is 0 Å². The van der Waals surface area contributed by atoms with Crippen LogP contribution in [0.2, 0.25) is 0 Å². The third-order valence-electron chi connectivity index (χ3n) is 4.34. The Labute approximate surface area is 150 Å². The average Bonchev–Trinajstić information content (AvgIpc) is 3.15. The molecule has 1 fully saturated rings. The molecule has 0 saturated carbocycles. The van der Waals surface area contributed by atoms with Gasteiger partial charge in [0.1, 0.15) is 6.54 Å². The lowest BCUT2D eigenvalue weighted by Crippen LogP contribution is -2.45. The maximum absolute atomic E-state index is 12.4. The van der Waals surface area contributed by atoms with Gasteiger partial charge in [0.2, 0.25) is 5.91 Å². The summed E-state index contributed by atoms with van der Waals surface area (Å²) >= 11 is 0. The summed E-state index contributed by atoms with van der Waals surface area (Å²) in [6.07, 6.45) is 1.91. The number of nitrogens with zero attached hydrogens (tertiary/aromatic N) is 1. The number of imide groups is 1. The minimum atomic E-state index is -0.807. The van der Waals surface area contributed by atoms with E-state index in [-0.39, 0.29) is 12.5 Å². The van der Waals surface area contributed by atoms with Gasteiger partial charge < -0.3 is 14.8 Å². The third-order valence-corrected chi connectivity index (χ3v) is 4.34. The number of carbonyl (C=O) groups excluding carboxylic acids is 4. The lowest BCUT2D eigenvalue weighted by Gasteiger charge is -2.25. The summed E-state index contributed by atoms with van der Waals surface area (Å²) in [5, 5.41) is 2.63. The predicted molar refractivity (Wildman–Crippen MR) is 89.1 cm³/mol. The Kier molecular flexibility index (Phi) is 5.62. The molecule has 0 aliphatic carbocycles. The second kappa shape index (κ2) is 8.09. The monoisotopic (exact) mass is 360 g/mol. The molecule has 2 heterocycles. The Morgan fingerprint density at radius 3 is 2.85 bits per heavy atom. The van der Waals surface area contributed by atoms with Gasteiger partial charge in [-0.15, -0.1) is 0 Å². The number of esters is 1. The highest BCUT2D eigenvalue weighted by atomic mass is 16.5. The molecule has 8 nitrogen and oxygen atoms in total. The van der Waals surface area contributed by atoms with Gasteiger partial charge in [-0.3, -0.25) is 24.1 Å². The number of hydrogen-bond acceptors (Lipinski definition) is 6. The van der Waals surface area contributed by atoms with Crippen molar-refractivity contribution in [2.45, 2.75) is 25.4 Å². The van der Waals surface area contributed by atoms with Crippen LogP contribution >= 0.6 is 0 Å². The van der Waals surface area contributed by atoms with Crippen LogP contribution in [0.25, 0.3) is 0 Å². The number of fused-ring (bicyclic) bond motifs is 1. The molecular formula is C18H20N2O6. The molecule has 3 rings (SSSR count). The molecule has 8 heteroatoms. The average molecular weight is 360 g/mol. The van der Waals surface area contributed by atoms with Crippen molar-refractivity contribution < 1.29 is 28.7 Å². The van der Waals surface area contributed by atoms with Gasteiger partial charge >= 0.3 is 5.97 Å². The smallest absolute Gasteiger partial charge is 0.326 e. The van der Waals surface area contributed by atoms with Gasteiger partial charge in [-0.2, -0.15) is 0 Å². The van der Waals surface area contributed by atoms with Crippen LogP contribution in [0.15, 0.2) is 24.3 Å². The first-order valence-electron chi connectivity index (χ1n) is 8.51. The molecular weight excluding hydrogens is 340 g/mol. The van der Waals surface area contributed by atoms with Gasteiger partial charge in [0.25, 0.3) is 11.8 Å². The molecule has 0 radical (unpaired) electrons. The van der Waals surface area contributed by atoms with Crippen molar-refractivity contribution in [3.8, 4) is 0 Å². The Morgan fingerprint density at radius 1 is 1.27 bits per heavy atom. The second-order valence-corrected chi connectivity index (χ2v) is 6.22. The van der Waals surface area contributed by atoms with E-state index in [1.54, 1.807) is 24.3 Å². The molecule has 0 bridgehead atoms. The Hall–Kier alpha value is -2.74. The zero-order valence-electron chi connectivity index (χ0n) is 14.2. The third kappa shape index (κ3) is 4.26. The van der Waals surface area contributed by atoms with E-state index in [9.17, 15) is 19.2 Å². The number of carbonyl (C=O) groups is 4. The number of rotatable bonds is 6. The lowest BCUT2D eigenvalue weighted by molar-refractivity contribution is -0.151. The van der Waals surface area contributed by atoms with E-state index in [0.717, 1.165) is 17.7 Å². The first-order valence-corrected chi connectivity index (χ1v) is 8.51. The quantitative estimate of drug-likeness (QED) is 0.568. The van der Waals surface area contributed by atoms with Crippen LogP contribution in [0.1, 0.15) is 28.8 Å². The predicted octanol–water partition coefficient (Wildman–Crippen LogP) is 0.0499. The largest absolute Gasteiger partial charge is 0.454 e. The highest BCUT2D eigenvalue weighted by Gasteiger charge is 2.32. The number of nitrogens with one attached hydrogen (secondary N) is 1. The summed E-state index contributed by atoms with van der Waals surface area (Å²) in [5.41, 5.74) is 1.04. The summed E-state index contributed by atoms with van der Waals surface area (Å²) < 4.78 is 10.2. The number of hydrogen-bond donors (Lipinski definition) is 1. The topological polar surface area (TPSA) is 102 Å². The minimum absolute atomic E-state index is 0.00156. The van der Waals surface area contributed by atoms with Crippen molar-refractivity contribution in [3.63, 3.8) is 0 Å². The van der Waals surface area contributed by atoms with Gasteiger partial charge in [-0.1, -0.05) is 18.2 Å². The summed E-state index contributed by atoms with van der Waals surface area (Å²) in [6, 6.07) is 6.76. The van der Waals surface area contributed by atoms with Crippen molar-refractivity contribution in [2.75, 3.05) is 26.3 Å². The molecule has 1 atom stereocenters. The molecule has 0 aromatic heterocycles. The normalized spacial score (nSPS) is 19.2. The number of amides is 3. The van der Waals surface area contributed by atoms with E-state index < -0.39 is 36.8 Å². The number of benzene rings is 1. The molecule has 2 aliphatic rings. The van der Waals surface area contributed by atoms with Crippen LogP contribution in [0.4, 0.5) is 0 Å². The Bertz CT molecular complexity index is 726. The molecule has 1 aromatic rings. The Morgan fingerprint density at radius 2 is 2.08 bits per heavy atom. The van der Waals surface area contributed by atoms with E-state index in [1.807, 2.05) is 0 Å². The highest BCUT2D eigenvalue weighted by molar-refractivity contribution is 6.11. The second-order valence-electron chi connectivity index (χ2n) is 6.22. The zero-order valence-corrected chi connectivity index (χ0v) is 14.2. The van der Waals surface area contributed by atoms with Crippen molar-refractivity contribution >= 4 is 23.7 Å². The minimum Gasteiger partial charge on any atom is -0.454 e. The fourth-order valence-corrected chi connectivity index (χ4v) is 2.96. The lowest BCUT2D eigenvalue weighted by atomic mass is 9.98. The molecule has 1 aromatic carbocycles. The highest BCUT2D eigenvalue weighted by Crippen LogP contribution is 2.19. The standard InChI is InChI=1S/C18H20N2O6/c21-15(19-9-13-5-3-7-25-13)11-26-17(23)10-20-16(22)8-12-4-1-2-6-14(12)18(20)24/h1-2,4,6,13H,3,5,7-11H2,(H,19,21)/t13-/m0/s1. The first kappa shape index (κ1) is 18.1. The maximum atomic E-state index is 12.4. The summed E-state index contributed by atoms with van der Waals surface area (Å²) in [7, 11) is 0. The van der Waals surface area contributed by atoms with E-state index in [4.69, 9.17) is 9.47 Å². The van der Waals surface area contributed by atoms with Crippen molar-refractivity contribution in [2.24, 2.45) is 0 Å². The van der Waals surface area contributed by atoms with Crippen LogP contribution in [0, 0.1) is 0 Å². The van der Waals surface area contributed by atoms with E-state index in [2.05, 4.69) is 5.32 Å². The molecule has 3 amide bonds. The van der Waals surface area contributed by atoms with E-state index in [0.29, 0.717) is 24.3 Å². The van der Waals surface area contributed by atoms with Crippen molar-refractivity contribution in [3.05, 3.63) is 35.4 Å². The summed E-state index contributed by atoms with van der Waals surface area (Å²) in [5.74, 6) is -2.25. The van der Waals surface area contributed by atoms with Crippen molar-refractivity contribution in [1.29, 1.82) is 0 Å². The van der Waals surface area contributed by atoms with Gasteiger partial charge in [-0.05, 0) is 24.5 Å². The van der Waals surface area contributed by atoms with Gasteiger partial charge in [0, 0.05) is 18.7 Å². The van der Waals surface area contributed by atoms with Crippen LogP contribution < -0.4 is 5.32 Å². The molecule has 1 N–H and O–H groups in total.